The normalized spacial score (nSPS) is 12.3. The Morgan fingerprint density at radius 1 is 0.950 bits per heavy atom. The second-order valence-corrected chi connectivity index (χ2v) is 12.9. The highest BCUT2D eigenvalue weighted by Gasteiger charge is 2.22. The minimum atomic E-state index is -4.04. The van der Waals surface area contributed by atoms with Crippen LogP contribution in [0.2, 0.25) is 0 Å². The maximum absolute atomic E-state index is 13.0. The Kier molecular flexibility index (Phi) is 10.1. The fraction of sp³-hybridized carbons (Fsp3) is 0.226. The van der Waals surface area contributed by atoms with Gasteiger partial charge in [0.2, 0.25) is 0 Å². The summed E-state index contributed by atoms with van der Waals surface area (Å²) in [6.07, 6.45) is 2.96. The molecular weight excluding hydrogens is 542 g/mol. The summed E-state index contributed by atoms with van der Waals surface area (Å²) >= 11 is 1.50. The molecule has 0 aliphatic carbocycles. The molecule has 7 nitrogen and oxygen atoms in total. The van der Waals surface area contributed by atoms with E-state index < -0.39 is 22.0 Å². The number of amides is 1. The fourth-order valence-corrected chi connectivity index (χ4v) is 6.03. The molecule has 0 unspecified atom stereocenters. The maximum Gasteiger partial charge on any atom is 0.266 e. The van der Waals surface area contributed by atoms with Gasteiger partial charge < -0.3 is 10.4 Å². The average molecular weight is 576 g/mol. The van der Waals surface area contributed by atoms with E-state index in [0.29, 0.717) is 17.0 Å². The van der Waals surface area contributed by atoms with Crippen molar-refractivity contribution >= 4 is 27.7 Å². The number of pyridine rings is 1. The van der Waals surface area contributed by atoms with E-state index in [1.165, 1.54) is 41.9 Å². The van der Waals surface area contributed by atoms with Gasteiger partial charge in [-0.25, -0.2) is 13.1 Å². The zero-order valence-electron chi connectivity index (χ0n) is 22.4. The van der Waals surface area contributed by atoms with Crippen LogP contribution in [0.15, 0.2) is 107 Å². The summed E-state index contributed by atoms with van der Waals surface area (Å²) in [5, 5.41) is 13.8. The van der Waals surface area contributed by atoms with Crippen LogP contribution in [0.5, 0.6) is 0 Å². The molecule has 0 aliphatic rings. The quantitative estimate of drug-likeness (QED) is 0.157. The van der Waals surface area contributed by atoms with Crippen LogP contribution >= 0.6 is 11.8 Å². The van der Waals surface area contributed by atoms with Crippen molar-refractivity contribution in [3.8, 4) is 11.1 Å². The number of carbonyl (C=O) groups is 1. The van der Waals surface area contributed by atoms with Gasteiger partial charge in [0.1, 0.15) is 4.90 Å². The van der Waals surface area contributed by atoms with Crippen molar-refractivity contribution in [1.82, 2.24) is 15.0 Å². The zero-order valence-corrected chi connectivity index (χ0v) is 24.1. The van der Waals surface area contributed by atoms with Crippen molar-refractivity contribution in [2.24, 2.45) is 0 Å². The van der Waals surface area contributed by atoms with Gasteiger partial charge in [-0.15, -0.1) is 11.8 Å². The summed E-state index contributed by atoms with van der Waals surface area (Å²) in [4.78, 5) is 17.5. The summed E-state index contributed by atoms with van der Waals surface area (Å²) in [5.41, 5.74) is 4.30. The van der Waals surface area contributed by atoms with Crippen LogP contribution in [0.3, 0.4) is 0 Å². The number of carbonyl (C=O) groups excluding carboxylic acids is 1. The number of rotatable bonds is 12. The van der Waals surface area contributed by atoms with Crippen LogP contribution in [0.25, 0.3) is 11.1 Å². The van der Waals surface area contributed by atoms with E-state index in [2.05, 4.69) is 27.2 Å². The molecule has 4 aromatic rings. The number of aromatic nitrogens is 1. The highest BCUT2D eigenvalue weighted by molar-refractivity contribution is 8.00. The molecule has 0 saturated heterocycles. The van der Waals surface area contributed by atoms with E-state index in [0.717, 1.165) is 29.7 Å². The Bertz CT molecular complexity index is 1510. The number of sulfonamides is 1. The van der Waals surface area contributed by atoms with Crippen LogP contribution in [-0.2, 0) is 16.4 Å². The molecule has 0 fully saturated rings. The van der Waals surface area contributed by atoms with Crippen molar-refractivity contribution in [2.75, 3.05) is 13.1 Å². The van der Waals surface area contributed by atoms with E-state index in [1.54, 1.807) is 6.07 Å². The highest BCUT2D eigenvalue weighted by atomic mass is 32.2. The molecule has 1 heterocycles. The van der Waals surface area contributed by atoms with E-state index in [4.69, 9.17) is 0 Å². The topological polar surface area (TPSA) is 108 Å². The second kappa shape index (κ2) is 13.7. The van der Waals surface area contributed by atoms with E-state index in [1.807, 2.05) is 68.4 Å². The Morgan fingerprint density at radius 2 is 1.68 bits per heavy atom. The summed E-state index contributed by atoms with van der Waals surface area (Å²) < 4.78 is 27.5. The number of hydrogen-bond donors (Lipinski definition) is 3. The Labute approximate surface area is 240 Å². The van der Waals surface area contributed by atoms with Crippen molar-refractivity contribution in [3.63, 3.8) is 0 Å². The predicted molar refractivity (Wildman–Crippen MR) is 160 cm³/mol. The van der Waals surface area contributed by atoms with Crippen molar-refractivity contribution in [1.29, 1.82) is 0 Å². The molecule has 40 heavy (non-hydrogen) atoms. The third-order valence-corrected chi connectivity index (χ3v) is 8.54. The molecule has 1 amide bonds. The molecule has 4 rings (SSSR count). The first-order valence-corrected chi connectivity index (χ1v) is 15.4. The highest BCUT2D eigenvalue weighted by Crippen LogP contribution is 2.32. The third kappa shape index (κ3) is 8.02. The molecule has 3 aromatic carbocycles. The lowest BCUT2D eigenvalue weighted by Crippen LogP contribution is -2.31. The lowest BCUT2D eigenvalue weighted by molar-refractivity contribution is 0.0978. The average Bonchev–Trinajstić information content (AvgIpc) is 2.96. The molecule has 0 bridgehead atoms. The van der Waals surface area contributed by atoms with Gasteiger partial charge in [0.05, 0.1) is 11.7 Å². The van der Waals surface area contributed by atoms with Crippen molar-refractivity contribution in [3.05, 3.63) is 114 Å². The standard InChI is InChI=1S/C31H33N3O4S2/c1-22(2)39-30-19-26(14-15-28(30)31(36)34-40(37,38)27-9-6-17-32-20-27)24-12-10-23(11-13-24)16-18-33-21-29(35)25-7-4-3-5-8-25/h3-15,17,19-20,22,29,33,35H,16,18,21H2,1-2H3,(H,34,36)/t29-/m1/s1. The van der Waals surface area contributed by atoms with E-state index >= 15 is 0 Å². The molecule has 0 radical (unpaired) electrons. The number of nitrogens with one attached hydrogen (secondary N) is 2. The number of nitrogens with zero attached hydrogens (tertiary/aromatic N) is 1. The number of aliphatic hydroxyl groups excluding tert-OH is 1. The maximum atomic E-state index is 13.0. The molecule has 9 heteroatoms. The molecule has 208 valence electrons. The summed E-state index contributed by atoms with van der Waals surface area (Å²) in [6.45, 7) is 5.27. The number of aliphatic hydroxyl groups is 1. The van der Waals surface area contributed by atoms with Gasteiger partial charge in [0.15, 0.2) is 0 Å². The van der Waals surface area contributed by atoms with Gasteiger partial charge in [-0.2, -0.15) is 0 Å². The number of thioether (sulfide) groups is 1. The van der Waals surface area contributed by atoms with Crippen molar-refractivity contribution < 1.29 is 18.3 Å². The van der Waals surface area contributed by atoms with Crippen LogP contribution in [0.1, 0.15) is 41.4 Å². The lowest BCUT2D eigenvalue weighted by Gasteiger charge is -2.14. The Hall–Kier alpha value is -3.50. The van der Waals surface area contributed by atoms with Gasteiger partial charge in [-0.1, -0.05) is 74.5 Å². The summed E-state index contributed by atoms with van der Waals surface area (Å²) in [5.74, 6) is -0.682. The van der Waals surface area contributed by atoms with Gasteiger partial charge in [-0.05, 0) is 59.5 Å². The van der Waals surface area contributed by atoms with Crippen LogP contribution in [0, 0.1) is 0 Å². The van der Waals surface area contributed by atoms with Crippen LogP contribution in [0.4, 0.5) is 0 Å². The Morgan fingerprint density at radius 3 is 2.35 bits per heavy atom. The van der Waals surface area contributed by atoms with Crippen LogP contribution < -0.4 is 10.0 Å². The summed E-state index contributed by atoms with van der Waals surface area (Å²) in [6, 6.07) is 26.2. The molecule has 0 spiro atoms. The van der Waals surface area contributed by atoms with Crippen molar-refractivity contribution in [2.45, 2.75) is 41.4 Å². The molecule has 3 N–H and O–H groups in total. The zero-order chi connectivity index (χ0) is 28.5. The molecule has 0 saturated carbocycles. The second-order valence-electron chi connectivity index (χ2n) is 9.58. The number of benzene rings is 3. The lowest BCUT2D eigenvalue weighted by atomic mass is 10.0. The SMILES string of the molecule is CC(C)Sc1cc(-c2ccc(CCNC[C@@H](O)c3ccccc3)cc2)ccc1C(=O)NS(=O)(=O)c1cccnc1. The third-order valence-electron chi connectivity index (χ3n) is 6.16. The molecule has 1 atom stereocenters. The first kappa shape index (κ1) is 29.5. The first-order chi connectivity index (χ1) is 19.2. The van der Waals surface area contributed by atoms with Gasteiger partial charge in [0, 0.05) is 29.1 Å². The largest absolute Gasteiger partial charge is 0.387 e. The van der Waals surface area contributed by atoms with E-state index in [-0.39, 0.29) is 10.1 Å². The monoisotopic (exact) mass is 575 g/mol. The molecular formula is C31H33N3O4S2. The van der Waals surface area contributed by atoms with Crippen LogP contribution in [-0.4, -0.2) is 42.8 Å². The van der Waals surface area contributed by atoms with Gasteiger partial charge >= 0.3 is 0 Å². The number of hydrogen-bond acceptors (Lipinski definition) is 7. The smallest absolute Gasteiger partial charge is 0.266 e. The van der Waals surface area contributed by atoms with Gasteiger partial charge in [-0.3, -0.25) is 9.78 Å². The Balaban J connectivity index is 1.41. The van der Waals surface area contributed by atoms with Gasteiger partial charge in [0.25, 0.3) is 15.9 Å². The fourth-order valence-electron chi connectivity index (χ4n) is 4.11. The first-order valence-electron chi connectivity index (χ1n) is 13.0. The molecule has 0 aliphatic heterocycles. The minimum Gasteiger partial charge on any atom is -0.387 e. The predicted octanol–water partition coefficient (Wildman–Crippen LogP) is 5.23. The molecule has 1 aromatic heterocycles. The minimum absolute atomic E-state index is 0.0688. The summed E-state index contributed by atoms with van der Waals surface area (Å²) in [7, 11) is -4.04. The van der Waals surface area contributed by atoms with E-state index in [9.17, 15) is 18.3 Å².